The minimum absolute atomic E-state index is 0.0144. The van der Waals surface area contributed by atoms with Crippen LogP contribution in [0.4, 0.5) is 0 Å². The van der Waals surface area contributed by atoms with Crippen molar-refractivity contribution >= 4 is 13.6 Å². The van der Waals surface area contributed by atoms with Crippen molar-refractivity contribution in [2.45, 2.75) is 96.1 Å². The third-order valence-electron chi connectivity index (χ3n) is 10.8. The van der Waals surface area contributed by atoms with Gasteiger partial charge < -0.3 is 30.2 Å². The third kappa shape index (κ3) is 3.93. The van der Waals surface area contributed by atoms with Gasteiger partial charge >= 0.3 is 13.6 Å². The molecular formula is C24H41O8P. The summed E-state index contributed by atoms with van der Waals surface area (Å²) in [5.41, 5.74) is -2.21. The first kappa shape index (κ1) is 25.6. The monoisotopic (exact) mass is 488 g/mol. The molecule has 6 N–H and O–H groups in total. The Morgan fingerprint density at radius 1 is 1.00 bits per heavy atom. The Kier molecular flexibility index (Phi) is 6.64. The zero-order chi connectivity index (χ0) is 24.5. The molecule has 190 valence electrons. The fourth-order valence-corrected chi connectivity index (χ4v) is 10.9. The van der Waals surface area contributed by atoms with Crippen molar-refractivity contribution in [2.24, 2.45) is 46.3 Å². The van der Waals surface area contributed by atoms with Crippen LogP contribution in [0.3, 0.4) is 0 Å². The van der Waals surface area contributed by atoms with Gasteiger partial charge in [-0.25, -0.2) is 0 Å². The number of carbonyl (C=O) groups is 1. The average Bonchev–Trinajstić information content (AvgIpc) is 3.05. The molecular weight excluding hydrogens is 447 g/mol. The molecule has 4 rings (SSSR count). The van der Waals surface area contributed by atoms with Gasteiger partial charge in [0.05, 0.1) is 24.0 Å². The summed E-state index contributed by atoms with van der Waals surface area (Å²) in [7, 11) is -4.51. The van der Waals surface area contributed by atoms with Crippen LogP contribution in [0.2, 0.25) is 0 Å². The Balaban J connectivity index is 1.69. The highest BCUT2D eigenvalue weighted by Gasteiger charge is 2.69. The zero-order valence-corrected chi connectivity index (χ0v) is 20.8. The van der Waals surface area contributed by atoms with Crippen molar-refractivity contribution in [1.82, 2.24) is 0 Å². The lowest BCUT2D eigenvalue weighted by atomic mass is 9.43. The number of aliphatic hydroxyl groups is 3. The maximum absolute atomic E-state index is 12.6. The van der Waals surface area contributed by atoms with E-state index in [9.17, 15) is 34.5 Å². The summed E-state index contributed by atoms with van der Waals surface area (Å²) in [4.78, 5) is 31.7. The number of fused-ring (bicyclic) bond motifs is 5. The van der Waals surface area contributed by atoms with Gasteiger partial charge in [0.25, 0.3) is 0 Å². The second kappa shape index (κ2) is 8.56. The molecule has 0 bridgehead atoms. The van der Waals surface area contributed by atoms with Gasteiger partial charge in [0.1, 0.15) is 0 Å². The van der Waals surface area contributed by atoms with Crippen molar-refractivity contribution in [2.75, 3.05) is 0 Å². The maximum Gasteiger partial charge on any atom is 0.329 e. The molecule has 4 fully saturated rings. The molecule has 8 nitrogen and oxygen atoms in total. The number of aliphatic hydroxyl groups excluding tert-OH is 3. The normalized spacial score (nSPS) is 50.7. The molecule has 0 amide bonds. The number of hydrogen-bond acceptors (Lipinski definition) is 5. The van der Waals surface area contributed by atoms with Crippen LogP contribution in [0.5, 0.6) is 0 Å². The minimum Gasteiger partial charge on any atom is -0.481 e. The summed E-state index contributed by atoms with van der Waals surface area (Å²) < 4.78 is 12.6. The van der Waals surface area contributed by atoms with Crippen LogP contribution in [0.1, 0.15) is 72.1 Å². The number of hydrogen-bond donors (Lipinski definition) is 6. The quantitative estimate of drug-likeness (QED) is 0.323. The summed E-state index contributed by atoms with van der Waals surface area (Å²) in [6.45, 7) is 6.06. The lowest BCUT2D eigenvalue weighted by molar-refractivity contribution is -0.206. The predicted octanol–water partition coefficient (Wildman–Crippen LogP) is 2.60. The van der Waals surface area contributed by atoms with Gasteiger partial charge in [0.2, 0.25) is 0 Å². The van der Waals surface area contributed by atoms with Crippen molar-refractivity contribution in [3.05, 3.63) is 0 Å². The molecule has 33 heavy (non-hydrogen) atoms. The molecule has 4 aliphatic rings. The van der Waals surface area contributed by atoms with Gasteiger partial charge in [0, 0.05) is 6.42 Å². The Labute approximate surface area is 195 Å². The lowest BCUT2D eigenvalue weighted by Crippen LogP contribution is -2.65. The fourth-order valence-electron chi connectivity index (χ4n) is 9.25. The van der Waals surface area contributed by atoms with Crippen molar-refractivity contribution in [1.29, 1.82) is 0 Å². The summed E-state index contributed by atoms with van der Waals surface area (Å²) in [5, 5.41) is 42.4. The van der Waals surface area contributed by atoms with Crippen LogP contribution in [0, 0.1) is 46.3 Å². The molecule has 0 spiro atoms. The SMILES string of the molecule is CC(CCC(=O)O)C1CCC2C3C(O)CC4CC(O)CC(P(=O)(O)O)C4(C)C3CC(O)C12C. The largest absolute Gasteiger partial charge is 0.481 e. The van der Waals surface area contributed by atoms with Gasteiger partial charge in [-0.05, 0) is 91.3 Å². The Morgan fingerprint density at radius 2 is 1.67 bits per heavy atom. The molecule has 0 aromatic heterocycles. The zero-order valence-electron chi connectivity index (χ0n) is 19.9. The smallest absolute Gasteiger partial charge is 0.329 e. The van der Waals surface area contributed by atoms with Crippen LogP contribution in [-0.4, -0.2) is 60.2 Å². The van der Waals surface area contributed by atoms with Crippen LogP contribution >= 0.6 is 7.60 Å². The van der Waals surface area contributed by atoms with Crippen LogP contribution in [-0.2, 0) is 9.36 Å². The Hall–Kier alpha value is -0.500. The summed E-state index contributed by atoms with van der Waals surface area (Å²) >= 11 is 0. The fraction of sp³-hybridized carbons (Fsp3) is 0.958. The van der Waals surface area contributed by atoms with E-state index in [1.54, 1.807) is 0 Å². The molecule has 0 radical (unpaired) electrons. The summed E-state index contributed by atoms with van der Waals surface area (Å²) in [5.74, 6) is -1.16. The number of aliphatic carboxylic acids is 1. The molecule has 0 heterocycles. The lowest BCUT2D eigenvalue weighted by Gasteiger charge is -2.65. The molecule has 0 aromatic carbocycles. The highest BCUT2D eigenvalue weighted by Crippen LogP contribution is 2.71. The van der Waals surface area contributed by atoms with E-state index in [0.29, 0.717) is 25.7 Å². The predicted molar refractivity (Wildman–Crippen MR) is 121 cm³/mol. The van der Waals surface area contributed by atoms with E-state index in [4.69, 9.17) is 5.11 Å². The molecule has 4 aliphatic carbocycles. The second-order valence-corrected chi connectivity index (χ2v) is 13.9. The molecule has 9 heteroatoms. The first-order chi connectivity index (χ1) is 15.2. The Morgan fingerprint density at radius 3 is 2.27 bits per heavy atom. The second-order valence-electron chi connectivity index (χ2n) is 12.1. The first-order valence-corrected chi connectivity index (χ1v) is 14.2. The molecule has 0 aromatic rings. The Bertz CT molecular complexity index is 814. The van der Waals surface area contributed by atoms with Gasteiger partial charge in [-0.15, -0.1) is 0 Å². The van der Waals surface area contributed by atoms with E-state index in [1.807, 2.05) is 6.92 Å². The van der Waals surface area contributed by atoms with E-state index in [0.717, 1.165) is 12.8 Å². The highest BCUT2D eigenvalue weighted by atomic mass is 31.2. The summed E-state index contributed by atoms with van der Waals surface area (Å²) in [6.07, 6.45) is 1.44. The first-order valence-electron chi connectivity index (χ1n) is 12.5. The van der Waals surface area contributed by atoms with Crippen molar-refractivity contribution < 1.29 is 39.6 Å². The highest BCUT2D eigenvalue weighted by molar-refractivity contribution is 7.52. The average molecular weight is 489 g/mol. The standard InChI is InChI=1S/C24H41O8P/c1-12(4-7-21(28)29)15-5-6-16-22-17(11-19(27)24(15,16)3)23(2)13(9-18(22)26)8-14(25)10-20(23)33(30,31)32/h12-20,22,25-27H,4-11H2,1-3H3,(H,28,29)(H2,30,31,32). The topological polar surface area (TPSA) is 156 Å². The van der Waals surface area contributed by atoms with Crippen LogP contribution < -0.4 is 0 Å². The third-order valence-corrected chi connectivity index (χ3v) is 12.4. The number of carboxylic acid groups (broad SMARTS) is 1. The van der Waals surface area contributed by atoms with Crippen LogP contribution in [0.15, 0.2) is 0 Å². The molecule has 12 atom stereocenters. The minimum atomic E-state index is -4.51. The van der Waals surface area contributed by atoms with Gasteiger partial charge in [-0.2, -0.15) is 0 Å². The summed E-state index contributed by atoms with van der Waals surface area (Å²) in [6, 6.07) is 0. The van der Waals surface area contributed by atoms with Gasteiger partial charge in [-0.1, -0.05) is 20.8 Å². The van der Waals surface area contributed by atoms with Crippen LogP contribution in [0.25, 0.3) is 0 Å². The van der Waals surface area contributed by atoms with E-state index < -0.39 is 48.4 Å². The molecule has 0 aliphatic heterocycles. The van der Waals surface area contributed by atoms with E-state index in [1.165, 1.54) is 0 Å². The van der Waals surface area contributed by atoms with Gasteiger partial charge in [-0.3, -0.25) is 9.36 Å². The molecule has 0 saturated heterocycles. The molecule has 12 unspecified atom stereocenters. The van der Waals surface area contributed by atoms with Crippen molar-refractivity contribution in [3.63, 3.8) is 0 Å². The van der Waals surface area contributed by atoms with E-state index >= 15 is 0 Å². The maximum atomic E-state index is 12.6. The van der Waals surface area contributed by atoms with E-state index in [2.05, 4.69) is 13.8 Å². The van der Waals surface area contributed by atoms with E-state index in [-0.39, 0.29) is 48.3 Å². The van der Waals surface area contributed by atoms with Crippen molar-refractivity contribution in [3.8, 4) is 0 Å². The molecule has 4 saturated carbocycles. The number of carboxylic acids is 1. The number of rotatable bonds is 5. The van der Waals surface area contributed by atoms with Gasteiger partial charge in [0.15, 0.2) is 0 Å².